The van der Waals surface area contributed by atoms with Gasteiger partial charge in [-0.2, -0.15) is 0 Å². The molecule has 0 radical (unpaired) electrons. The number of para-hydroxylation sites is 2. The van der Waals surface area contributed by atoms with Gasteiger partial charge in [0.15, 0.2) is 9.84 Å². The summed E-state index contributed by atoms with van der Waals surface area (Å²) in [5, 5.41) is 1.77. The third-order valence-corrected chi connectivity index (χ3v) is 7.62. The molecule has 1 aromatic heterocycles. The molecule has 3 aromatic rings. The fourth-order valence-corrected chi connectivity index (χ4v) is 6.32. The molecule has 27 heavy (non-hydrogen) atoms. The SMILES string of the molecule is O=S1(=O)C=C[C@@H](N(c2ccccc2)S(=O)(=O)c2cccc3cccnc23)C1. The minimum Gasteiger partial charge on any atom is -0.258 e. The van der Waals surface area contributed by atoms with E-state index in [1.54, 1.807) is 54.6 Å². The number of nitrogens with zero attached hydrogens (tertiary/aromatic N) is 2. The standard InChI is InChI=1S/C19H16N2O4S2/c22-26(23)13-11-17(14-26)21(16-8-2-1-3-9-16)27(24,25)18-10-4-6-15-7-5-12-20-19(15)18/h1-13,17H,14H2/t17-/m1/s1. The molecule has 2 aromatic carbocycles. The Morgan fingerprint density at radius 2 is 1.70 bits per heavy atom. The molecule has 8 heteroatoms. The average molecular weight is 400 g/mol. The molecule has 0 unspecified atom stereocenters. The van der Waals surface area contributed by atoms with Crippen molar-refractivity contribution in [1.29, 1.82) is 0 Å². The van der Waals surface area contributed by atoms with Gasteiger partial charge in [-0.3, -0.25) is 9.29 Å². The number of sulfonamides is 1. The van der Waals surface area contributed by atoms with Crippen LogP contribution in [-0.2, 0) is 19.9 Å². The summed E-state index contributed by atoms with van der Waals surface area (Å²) in [5.41, 5.74) is 0.753. The highest BCUT2D eigenvalue weighted by molar-refractivity contribution is 7.95. The minimum absolute atomic E-state index is 0.0437. The fraction of sp³-hybridized carbons (Fsp3) is 0.105. The first-order chi connectivity index (χ1) is 12.9. The van der Waals surface area contributed by atoms with Crippen LogP contribution >= 0.6 is 0 Å². The van der Waals surface area contributed by atoms with Crippen molar-refractivity contribution in [3.05, 3.63) is 78.3 Å². The van der Waals surface area contributed by atoms with Crippen molar-refractivity contribution in [3.63, 3.8) is 0 Å². The lowest BCUT2D eigenvalue weighted by atomic mass is 10.2. The maximum atomic E-state index is 13.6. The van der Waals surface area contributed by atoms with E-state index < -0.39 is 25.9 Å². The molecule has 0 saturated carbocycles. The van der Waals surface area contributed by atoms with Crippen LogP contribution < -0.4 is 4.31 Å². The molecule has 0 saturated heterocycles. The number of anilines is 1. The highest BCUT2D eigenvalue weighted by atomic mass is 32.2. The molecule has 6 nitrogen and oxygen atoms in total. The smallest absolute Gasteiger partial charge is 0.258 e. The summed E-state index contributed by atoms with van der Waals surface area (Å²) >= 11 is 0. The first-order valence-corrected chi connectivity index (χ1v) is 11.4. The number of fused-ring (bicyclic) bond motifs is 1. The Kier molecular flexibility index (Phi) is 4.24. The lowest BCUT2D eigenvalue weighted by molar-refractivity contribution is 0.587. The zero-order valence-corrected chi connectivity index (χ0v) is 15.8. The van der Waals surface area contributed by atoms with Crippen molar-refractivity contribution < 1.29 is 16.8 Å². The lowest BCUT2D eigenvalue weighted by Gasteiger charge is -2.29. The number of benzene rings is 2. The zero-order valence-electron chi connectivity index (χ0n) is 14.1. The van der Waals surface area contributed by atoms with E-state index in [-0.39, 0.29) is 10.6 Å². The quantitative estimate of drug-likeness (QED) is 0.672. The van der Waals surface area contributed by atoms with Gasteiger partial charge in [0.25, 0.3) is 10.0 Å². The first kappa shape index (κ1) is 17.7. The highest BCUT2D eigenvalue weighted by Gasteiger charge is 2.36. The molecule has 0 spiro atoms. The Morgan fingerprint density at radius 3 is 2.41 bits per heavy atom. The number of sulfone groups is 1. The van der Waals surface area contributed by atoms with E-state index in [0.29, 0.717) is 16.6 Å². The van der Waals surface area contributed by atoms with Gasteiger partial charge in [-0.25, -0.2) is 16.8 Å². The van der Waals surface area contributed by atoms with E-state index in [9.17, 15) is 16.8 Å². The van der Waals surface area contributed by atoms with Crippen LogP contribution in [0.15, 0.2) is 83.2 Å². The second kappa shape index (κ2) is 6.47. The maximum Gasteiger partial charge on any atom is 0.267 e. The van der Waals surface area contributed by atoms with E-state index in [1.807, 2.05) is 0 Å². The zero-order chi connectivity index (χ0) is 19.1. The Hall–Kier alpha value is -2.71. The summed E-state index contributed by atoms with van der Waals surface area (Å²) < 4.78 is 52.2. The summed E-state index contributed by atoms with van der Waals surface area (Å²) in [5.74, 6) is -0.292. The van der Waals surface area contributed by atoms with Crippen LogP contribution in [0.25, 0.3) is 10.9 Å². The molecular formula is C19H16N2O4S2. The summed E-state index contributed by atoms with van der Waals surface area (Å²) in [6, 6.07) is 16.1. The summed E-state index contributed by atoms with van der Waals surface area (Å²) in [7, 11) is -7.49. The van der Waals surface area contributed by atoms with Gasteiger partial charge < -0.3 is 0 Å². The van der Waals surface area contributed by atoms with Crippen molar-refractivity contribution in [2.24, 2.45) is 0 Å². The number of pyridine rings is 1. The summed E-state index contributed by atoms with van der Waals surface area (Å²) in [6.45, 7) is 0. The van der Waals surface area contributed by atoms with Crippen LogP contribution in [0.2, 0.25) is 0 Å². The van der Waals surface area contributed by atoms with Crippen molar-refractivity contribution >= 4 is 36.5 Å². The monoisotopic (exact) mass is 400 g/mol. The number of hydrogen-bond donors (Lipinski definition) is 0. The third kappa shape index (κ3) is 3.22. The normalized spacial score (nSPS) is 18.6. The lowest BCUT2D eigenvalue weighted by Crippen LogP contribution is -2.41. The van der Waals surface area contributed by atoms with Crippen LogP contribution in [0.4, 0.5) is 5.69 Å². The second-order valence-corrected chi connectivity index (χ2v) is 9.91. The van der Waals surface area contributed by atoms with Crippen molar-refractivity contribution in [2.45, 2.75) is 10.9 Å². The minimum atomic E-state index is -4.06. The second-order valence-electron chi connectivity index (χ2n) is 6.19. The first-order valence-electron chi connectivity index (χ1n) is 8.23. The summed E-state index contributed by atoms with van der Waals surface area (Å²) in [4.78, 5) is 4.28. The Morgan fingerprint density at radius 1 is 0.963 bits per heavy atom. The molecule has 0 aliphatic carbocycles. The molecule has 2 heterocycles. The highest BCUT2D eigenvalue weighted by Crippen LogP contribution is 2.32. The fourth-order valence-electron chi connectivity index (χ4n) is 3.18. The van der Waals surface area contributed by atoms with Gasteiger partial charge in [-0.15, -0.1) is 0 Å². The van der Waals surface area contributed by atoms with E-state index in [0.717, 1.165) is 9.71 Å². The molecule has 4 rings (SSSR count). The van der Waals surface area contributed by atoms with Crippen LogP contribution in [0.3, 0.4) is 0 Å². The Balaban J connectivity index is 1.93. The van der Waals surface area contributed by atoms with E-state index in [1.165, 1.54) is 18.3 Å². The van der Waals surface area contributed by atoms with Crippen molar-refractivity contribution in [2.75, 3.05) is 10.1 Å². The molecule has 1 atom stereocenters. The molecule has 1 aliphatic rings. The van der Waals surface area contributed by atoms with Crippen LogP contribution in [-0.4, -0.2) is 33.6 Å². The third-order valence-electron chi connectivity index (χ3n) is 4.36. The van der Waals surface area contributed by atoms with Crippen molar-refractivity contribution in [3.8, 4) is 0 Å². The largest absolute Gasteiger partial charge is 0.267 e. The Labute approximate surface area is 157 Å². The van der Waals surface area contributed by atoms with Crippen LogP contribution in [0.1, 0.15) is 0 Å². The number of rotatable bonds is 4. The number of hydrogen-bond acceptors (Lipinski definition) is 5. The molecular weight excluding hydrogens is 384 g/mol. The molecule has 138 valence electrons. The van der Waals surface area contributed by atoms with Gasteiger partial charge in [0.05, 0.1) is 23.0 Å². The topological polar surface area (TPSA) is 84.4 Å². The van der Waals surface area contributed by atoms with E-state index in [2.05, 4.69) is 4.98 Å². The predicted octanol–water partition coefficient (Wildman–Crippen LogP) is 2.74. The van der Waals surface area contributed by atoms with Gasteiger partial charge in [-0.1, -0.05) is 36.4 Å². The van der Waals surface area contributed by atoms with Gasteiger partial charge in [-0.05, 0) is 30.3 Å². The van der Waals surface area contributed by atoms with E-state index in [4.69, 9.17) is 0 Å². The number of aromatic nitrogens is 1. The maximum absolute atomic E-state index is 13.6. The molecule has 0 N–H and O–H groups in total. The molecule has 0 bridgehead atoms. The van der Waals surface area contributed by atoms with Gasteiger partial charge >= 0.3 is 0 Å². The Bertz CT molecular complexity index is 1230. The molecule has 0 fully saturated rings. The molecule has 0 amide bonds. The summed E-state index contributed by atoms with van der Waals surface area (Å²) in [6.07, 6.45) is 2.95. The van der Waals surface area contributed by atoms with Gasteiger partial charge in [0.2, 0.25) is 0 Å². The predicted molar refractivity (Wildman–Crippen MR) is 105 cm³/mol. The van der Waals surface area contributed by atoms with Gasteiger partial charge in [0, 0.05) is 17.0 Å². The molecule has 1 aliphatic heterocycles. The van der Waals surface area contributed by atoms with Crippen molar-refractivity contribution in [1.82, 2.24) is 4.98 Å². The van der Waals surface area contributed by atoms with Crippen LogP contribution in [0.5, 0.6) is 0 Å². The average Bonchev–Trinajstić information content (AvgIpc) is 3.01. The van der Waals surface area contributed by atoms with Gasteiger partial charge in [0.1, 0.15) is 4.90 Å². The van der Waals surface area contributed by atoms with Crippen LogP contribution in [0, 0.1) is 0 Å². The van der Waals surface area contributed by atoms with E-state index >= 15 is 0 Å².